The first kappa shape index (κ1) is 15.8. The lowest BCUT2D eigenvalue weighted by atomic mass is 9.85. The molecule has 0 saturated heterocycles. The van der Waals surface area contributed by atoms with Gasteiger partial charge in [-0.15, -0.1) is 11.6 Å². The molecule has 106 valence electrons. The van der Waals surface area contributed by atoms with Crippen LogP contribution in [0.3, 0.4) is 0 Å². The molecule has 0 aliphatic rings. The van der Waals surface area contributed by atoms with Gasteiger partial charge >= 0.3 is 0 Å². The zero-order valence-electron chi connectivity index (χ0n) is 11.9. The number of pyridine rings is 1. The highest BCUT2D eigenvalue weighted by molar-refractivity contribution is 6.17. The van der Waals surface area contributed by atoms with Crippen LogP contribution in [0.4, 0.5) is 0 Å². The minimum atomic E-state index is -0.234. The smallest absolute Gasteiger partial charge is 0.251 e. The van der Waals surface area contributed by atoms with Gasteiger partial charge in [0.25, 0.3) is 11.5 Å². The highest BCUT2D eigenvalue weighted by Crippen LogP contribution is 2.22. The quantitative estimate of drug-likeness (QED) is 0.862. The van der Waals surface area contributed by atoms with Gasteiger partial charge in [-0.25, -0.2) is 0 Å². The second-order valence-electron chi connectivity index (χ2n) is 5.73. The first-order valence-electron chi connectivity index (χ1n) is 6.29. The average molecular weight is 285 g/mol. The van der Waals surface area contributed by atoms with Crippen LogP contribution >= 0.6 is 11.6 Å². The molecule has 1 unspecified atom stereocenters. The zero-order chi connectivity index (χ0) is 14.6. The summed E-state index contributed by atoms with van der Waals surface area (Å²) < 4.78 is 1.43. The van der Waals surface area contributed by atoms with E-state index in [4.69, 9.17) is 11.6 Å². The normalized spacial score (nSPS) is 13.1. The molecule has 1 aromatic heterocycles. The summed E-state index contributed by atoms with van der Waals surface area (Å²) >= 11 is 5.77. The fraction of sp³-hybridized carbons (Fsp3) is 0.571. The van der Waals surface area contributed by atoms with Crippen LogP contribution < -0.4 is 10.9 Å². The summed E-state index contributed by atoms with van der Waals surface area (Å²) in [5.41, 5.74) is 0.105. The summed E-state index contributed by atoms with van der Waals surface area (Å²) in [6, 6.07) is 2.95. The molecular weight excluding hydrogens is 264 g/mol. The molecule has 1 amide bonds. The second-order valence-corrected chi connectivity index (χ2v) is 6.11. The number of halogens is 1. The molecule has 4 nitrogen and oxygen atoms in total. The number of hydrogen-bond acceptors (Lipinski definition) is 2. The maximum absolute atomic E-state index is 12.1. The Morgan fingerprint density at radius 3 is 2.58 bits per heavy atom. The number of hydrogen-bond donors (Lipinski definition) is 1. The Morgan fingerprint density at radius 2 is 2.11 bits per heavy atom. The molecule has 0 saturated carbocycles. The number of carbonyl (C=O) groups is 1. The van der Waals surface area contributed by atoms with Crippen LogP contribution in [0.2, 0.25) is 0 Å². The molecule has 0 spiro atoms. The zero-order valence-corrected chi connectivity index (χ0v) is 12.6. The van der Waals surface area contributed by atoms with Crippen molar-refractivity contribution in [2.45, 2.75) is 33.2 Å². The topological polar surface area (TPSA) is 51.1 Å². The van der Waals surface area contributed by atoms with E-state index in [9.17, 15) is 9.59 Å². The van der Waals surface area contributed by atoms with E-state index in [1.807, 2.05) is 0 Å². The first-order valence-corrected chi connectivity index (χ1v) is 6.82. The van der Waals surface area contributed by atoms with E-state index in [1.165, 1.54) is 10.6 Å². The summed E-state index contributed by atoms with van der Waals surface area (Å²) in [6.45, 7) is 6.15. The maximum atomic E-state index is 12.1. The standard InChI is InChI=1S/C14H21ClN2O2/c1-14(2,3)11(5-7-15)16-13(19)10-6-8-17(4)12(18)9-10/h6,8-9,11H,5,7H2,1-4H3,(H,16,19). The van der Waals surface area contributed by atoms with Gasteiger partial charge in [0.05, 0.1) is 0 Å². The van der Waals surface area contributed by atoms with E-state index in [2.05, 4.69) is 26.1 Å². The summed E-state index contributed by atoms with van der Waals surface area (Å²) in [5, 5.41) is 2.95. The molecule has 1 rings (SSSR count). The Hall–Kier alpha value is -1.29. The largest absolute Gasteiger partial charge is 0.349 e. The van der Waals surface area contributed by atoms with Gasteiger partial charge in [0.1, 0.15) is 0 Å². The molecule has 0 bridgehead atoms. The third-order valence-corrected chi connectivity index (χ3v) is 3.33. The Morgan fingerprint density at radius 1 is 1.47 bits per heavy atom. The molecule has 5 heteroatoms. The van der Waals surface area contributed by atoms with E-state index in [0.717, 1.165) is 0 Å². The van der Waals surface area contributed by atoms with Crippen molar-refractivity contribution in [1.29, 1.82) is 0 Å². The third kappa shape index (κ3) is 4.39. The number of alkyl halides is 1. The summed E-state index contributed by atoms with van der Waals surface area (Å²) in [6.07, 6.45) is 2.28. The van der Waals surface area contributed by atoms with Gasteiger partial charge in [-0.3, -0.25) is 9.59 Å². The Balaban J connectivity index is 2.88. The predicted molar refractivity (Wildman–Crippen MR) is 77.7 cm³/mol. The van der Waals surface area contributed by atoms with Crippen LogP contribution in [0.15, 0.2) is 23.1 Å². The van der Waals surface area contributed by atoms with Gasteiger partial charge in [-0.2, -0.15) is 0 Å². The lowest BCUT2D eigenvalue weighted by Gasteiger charge is -2.31. The van der Waals surface area contributed by atoms with E-state index < -0.39 is 0 Å². The van der Waals surface area contributed by atoms with Crippen molar-refractivity contribution in [2.24, 2.45) is 12.5 Å². The third-order valence-electron chi connectivity index (χ3n) is 3.11. The Labute approximate surface area is 118 Å². The van der Waals surface area contributed by atoms with E-state index in [0.29, 0.717) is 17.9 Å². The van der Waals surface area contributed by atoms with Gasteiger partial charge in [0.15, 0.2) is 0 Å². The van der Waals surface area contributed by atoms with Crippen molar-refractivity contribution < 1.29 is 4.79 Å². The maximum Gasteiger partial charge on any atom is 0.251 e. The van der Waals surface area contributed by atoms with Crippen molar-refractivity contribution >= 4 is 17.5 Å². The molecule has 0 fully saturated rings. The molecule has 0 radical (unpaired) electrons. The highest BCUT2D eigenvalue weighted by atomic mass is 35.5. The van der Waals surface area contributed by atoms with Crippen LogP contribution in [-0.4, -0.2) is 22.4 Å². The number of nitrogens with zero attached hydrogens (tertiary/aromatic N) is 1. The number of nitrogens with one attached hydrogen (secondary N) is 1. The number of aromatic nitrogens is 1. The van der Waals surface area contributed by atoms with Gasteiger partial charge < -0.3 is 9.88 Å². The van der Waals surface area contributed by atoms with Crippen LogP contribution in [0.1, 0.15) is 37.6 Å². The first-order chi connectivity index (χ1) is 8.75. The molecule has 19 heavy (non-hydrogen) atoms. The van der Waals surface area contributed by atoms with Crippen molar-refractivity contribution in [3.05, 3.63) is 34.2 Å². The van der Waals surface area contributed by atoms with Crippen molar-refractivity contribution in [1.82, 2.24) is 9.88 Å². The number of carbonyl (C=O) groups excluding carboxylic acids is 1. The number of amides is 1. The Kier molecular flexibility index (Phi) is 5.18. The van der Waals surface area contributed by atoms with Crippen molar-refractivity contribution in [2.75, 3.05) is 5.88 Å². The van der Waals surface area contributed by atoms with E-state index >= 15 is 0 Å². The van der Waals surface area contributed by atoms with Gasteiger partial charge in [-0.05, 0) is 17.9 Å². The number of aryl methyl sites for hydroxylation is 1. The Bertz CT molecular complexity index is 503. The SMILES string of the molecule is Cn1ccc(C(=O)NC(CCCl)C(C)(C)C)cc1=O. The van der Waals surface area contributed by atoms with Crippen LogP contribution in [0.5, 0.6) is 0 Å². The molecular formula is C14H21ClN2O2. The molecule has 1 N–H and O–H groups in total. The molecule has 0 aliphatic carbocycles. The van der Waals surface area contributed by atoms with Gasteiger partial charge in [-0.1, -0.05) is 20.8 Å². The number of rotatable bonds is 4. The van der Waals surface area contributed by atoms with Crippen molar-refractivity contribution in [3.8, 4) is 0 Å². The van der Waals surface area contributed by atoms with Gasteiger partial charge in [0, 0.05) is 36.8 Å². The second kappa shape index (κ2) is 6.24. The monoisotopic (exact) mass is 284 g/mol. The molecule has 1 aromatic rings. The molecule has 0 aromatic carbocycles. The predicted octanol–water partition coefficient (Wildman–Crippen LogP) is 2.16. The molecule has 1 atom stereocenters. The summed E-state index contributed by atoms with van der Waals surface area (Å²) in [7, 11) is 1.65. The fourth-order valence-electron chi connectivity index (χ4n) is 1.76. The summed E-state index contributed by atoms with van der Waals surface area (Å²) in [4.78, 5) is 23.7. The van der Waals surface area contributed by atoms with Crippen LogP contribution in [0.25, 0.3) is 0 Å². The van der Waals surface area contributed by atoms with Crippen LogP contribution in [-0.2, 0) is 7.05 Å². The fourth-order valence-corrected chi connectivity index (χ4v) is 1.98. The van der Waals surface area contributed by atoms with E-state index in [1.54, 1.807) is 19.3 Å². The summed E-state index contributed by atoms with van der Waals surface area (Å²) in [5.74, 6) is 0.251. The minimum absolute atomic E-state index is 0.0263. The lowest BCUT2D eigenvalue weighted by molar-refractivity contribution is 0.0900. The minimum Gasteiger partial charge on any atom is -0.349 e. The molecule has 1 heterocycles. The molecule has 0 aliphatic heterocycles. The average Bonchev–Trinajstić information content (AvgIpc) is 2.30. The van der Waals surface area contributed by atoms with Crippen LogP contribution in [0, 0.1) is 5.41 Å². The lowest BCUT2D eigenvalue weighted by Crippen LogP contribution is -2.44. The van der Waals surface area contributed by atoms with E-state index in [-0.39, 0.29) is 22.9 Å². The highest BCUT2D eigenvalue weighted by Gasteiger charge is 2.26. The van der Waals surface area contributed by atoms with Crippen molar-refractivity contribution in [3.63, 3.8) is 0 Å². The van der Waals surface area contributed by atoms with Gasteiger partial charge in [0.2, 0.25) is 0 Å².